The van der Waals surface area contributed by atoms with E-state index in [1.54, 1.807) is 11.0 Å². The van der Waals surface area contributed by atoms with Crippen LogP contribution in [0.15, 0.2) is 36.5 Å². The summed E-state index contributed by atoms with van der Waals surface area (Å²) in [6.45, 7) is 3.48. The highest BCUT2D eigenvalue weighted by atomic mass is 16.5. The molecule has 102 valence electrons. The van der Waals surface area contributed by atoms with Crippen LogP contribution < -0.4 is 5.32 Å². The Labute approximate surface area is 113 Å². The maximum atomic E-state index is 5.57. The molecule has 0 amide bonds. The second-order valence-electron chi connectivity index (χ2n) is 4.31. The lowest BCUT2D eigenvalue weighted by Crippen LogP contribution is -2.22. The lowest BCUT2D eigenvalue weighted by Gasteiger charge is -2.13. The van der Waals surface area contributed by atoms with Gasteiger partial charge in [0.15, 0.2) is 0 Å². The number of nitrogens with one attached hydrogen (secondary N) is 1. The molecule has 5 nitrogen and oxygen atoms in total. The Kier molecular flexibility index (Phi) is 5.06. The maximum absolute atomic E-state index is 5.57. The summed E-state index contributed by atoms with van der Waals surface area (Å²) >= 11 is 0. The van der Waals surface area contributed by atoms with Crippen molar-refractivity contribution in [3.63, 3.8) is 0 Å². The van der Waals surface area contributed by atoms with Crippen LogP contribution in [0.2, 0.25) is 0 Å². The van der Waals surface area contributed by atoms with E-state index in [0.717, 1.165) is 24.4 Å². The third-order valence-electron chi connectivity index (χ3n) is 2.84. The molecule has 2 rings (SSSR count). The lowest BCUT2D eigenvalue weighted by molar-refractivity contribution is 0.113. The van der Waals surface area contributed by atoms with Gasteiger partial charge in [-0.2, -0.15) is 15.0 Å². The van der Waals surface area contributed by atoms with Gasteiger partial charge in [0, 0.05) is 6.61 Å². The molecule has 5 heteroatoms. The number of rotatable bonds is 7. The minimum Gasteiger partial charge on any atom is -0.379 e. The molecular formula is C14H20N4O. The van der Waals surface area contributed by atoms with Gasteiger partial charge in [-0.1, -0.05) is 25.1 Å². The molecule has 1 N–H and O–H groups in total. The normalized spacial score (nSPS) is 12.5. The van der Waals surface area contributed by atoms with Crippen LogP contribution >= 0.6 is 0 Å². The number of aromatic nitrogens is 3. The van der Waals surface area contributed by atoms with Gasteiger partial charge >= 0.3 is 0 Å². The summed E-state index contributed by atoms with van der Waals surface area (Å²) in [5, 5.41) is 12.0. The van der Waals surface area contributed by atoms with Gasteiger partial charge in [-0.15, -0.1) is 0 Å². The van der Waals surface area contributed by atoms with Crippen LogP contribution in [0.5, 0.6) is 0 Å². The van der Waals surface area contributed by atoms with Crippen LogP contribution in [0.25, 0.3) is 5.69 Å². The Bertz CT molecular complexity index is 483. The van der Waals surface area contributed by atoms with E-state index < -0.39 is 0 Å². The molecule has 1 aromatic heterocycles. The third kappa shape index (κ3) is 3.62. The molecule has 0 fully saturated rings. The van der Waals surface area contributed by atoms with Gasteiger partial charge < -0.3 is 10.1 Å². The summed E-state index contributed by atoms with van der Waals surface area (Å²) in [5.41, 5.74) is 1.85. The molecule has 0 aliphatic heterocycles. The fraction of sp³-hybridized carbons (Fsp3) is 0.429. The average Bonchev–Trinajstić information content (AvgIpc) is 2.94. The standard InChI is InChI=1S/C14H20N4O/c1-3-9-19-11-14(15-2)13-10-16-18(17-13)12-7-5-4-6-8-12/h4-8,10,14-15H,3,9,11H2,1-2H3. The van der Waals surface area contributed by atoms with Crippen molar-refractivity contribution in [1.82, 2.24) is 20.3 Å². The maximum Gasteiger partial charge on any atom is 0.102 e. The monoisotopic (exact) mass is 260 g/mol. The molecule has 1 aromatic carbocycles. The summed E-state index contributed by atoms with van der Waals surface area (Å²) < 4.78 is 5.57. The first kappa shape index (κ1) is 13.7. The van der Waals surface area contributed by atoms with Crippen LogP contribution in [0.1, 0.15) is 25.1 Å². The van der Waals surface area contributed by atoms with Gasteiger partial charge in [0.1, 0.15) is 5.69 Å². The van der Waals surface area contributed by atoms with E-state index in [1.165, 1.54) is 0 Å². The number of hydrogen-bond donors (Lipinski definition) is 1. The Morgan fingerprint density at radius 2 is 2.11 bits per heavy atom. The van der Waals surface area contributed by atoms with Crippen molar-refractivity contribution in [1.29, 1.82) is 0 Å². The van der Waals surface area contributed by atoms with Crippen molar-refractivity contribution >= 4 is 0 Å². The highest BCUT2D eigenvalue weighted by Gasteiger charge is 2.13. The molecule has 2 aromatic rings. The number of nitrogens with zero attached hydrogens (tertiary/aromatic N) is 3. The first-order valence-electron chi connectivity index (χ1n) is 6.57. The zero-order valence-electron chi connectivity index (χ0n) is 11.4. The average molecular weight is 260 g/mol. The largest absolute Gasteiger partial charge is 0.379 e. The van der Waals surface area contributed by atoms with Crippen molar-refractivity contribution < 1.29 is 4.74 Å². The smallest absolute Gasteiger partial charge is 0.102 e. The van der Waals surface area contributed by atoms with Gasteiger partial charge in [0.25, 0.3) is 0 Å². The number of para-hydroxylation sites is 1. The van der Waals surface area contributed by atoms with E-state index >= 15 is 0 Å². The van der Waals surface area contributed by atoms with E-state index in [1.807, 2.05) is 37.4 Å². The van der Waals surface area contributed by atoms with E-state index in [9.17, 15) is 0 Å². The second-order valence-corrected chi connectivity index (χ2v) is 4.31. The Morgan fingerprint density at radius 3 is 2.79 bits per heavy atom. The van der Waals surface area contributed by atoms with E-state index in [0.29, 0.717) is 6.61 Å². The predicted molar refractivity (Wildman–Crippen MR) is 74.3 cm³/mol. The summed E-state index contributed by atoms with van der Waals surface area (Å²) in [5.74, 6) is 0. The van der Waals surface area contributed by atoms with Crippen LogP contribution in [0, 0.1) is 0 Å². The highest BCUT2D eigenvalue weighted by molar-refractivity contribution is 5.28. The van der Waals surface area contributed by atoms with Crippen LogP contribution in [0.3, 0.4) is 0 Å². The minimum atomic E-state index is 0.0732. The van der Waals surface area contributed by atoms with Crippen molar-refractivity contribution in [3.8, 4) is 5.69 Å². The molecule has 19 heavy (non-hydrogen) atoms. The van der Waals surface area contributed by atoms with Crippen LogP contribution in [-0.4, -0.2) is 35.3 Å². The quantitative estimate of drug-likeness (QED) is 0.773. The molecule has 0 aliphatic carbocycles. The van der Waals surface area contributed by atoms with E-state index in [2.05, 4.69) is 22.4 Å². The molecule has 0 saturated heterocycles. The SMILES string of the molecule is CCCOCC(NC)c1cnn(-c2ccccc2)n1. The fourth-order valence-corrected chi connectivity index (χ4v) is 1.78. The molecule has 1 unspecified atom stereocenters. The summed E-state index contributed by atoms with van der Waals surface area (Å²) in [7, 11) is 1.90. The first-order chi connectivity index (χ1) is 9.35. The van der Waals surface area contributed by atoms with Crippen molar-refractivity contribution in [2.75, 3.05) is 20.3 Å². The van der Waals surface area contributed by atoms with Crippen LogP contribution in [0.4, 0.5) is 0 Å². The lowest BCUT2D eigenvalue weighted by atomic mass is 10.2. The zero-order chi connectivity index (χ0) is 13.5. The summed E-state index contributed by atoms with van der Waals surface area (Å²) in [6, 6.07) is 9.95. The Hall–Kier alpha value is -1.72. The number of hydrogen-bond acceptors (Lipinski definition) is 4. The molecule has 0 spiro atoms. The predicted octanol–water partition coefficient (Wildman–Crippen LogP) is 1.95. The van der Waals surface area contributed by atoms with Gasteiger partial charge in [-0.05, 0) is 25.6 Å². The van der Waals surface area contributed by atoms with E-state index in [4.69, 9.17) is 4.74 Å². The molecule has 0 aliphatic rings. The third-order valence-corrected chi connectivity index (χ3v) is 2.84. The van der Waals surface area contributed by atoms with Gasteiger partial charge in [-0.3, -0.25) is 0 Å². The van der Waals surface area contributed by atoms with Crippen LogP contribution in [-0.2, 0) is 4.74 Å². The fourth-order valence-electron chi connectivity index (χ4n) is 1.78. The Balaban J connectivity index is 2.06. The number of likely N-dealkylation sites (N-methyl/N-ethyl adjacent to an activating group) is 1. The zero-order valence-corrected chi connectivity index (χ0v) is 11.4. The molecule has 0 radical (unpaired) electrons. The molecule has 1 heterocycles. The topological polar surface area (TPSA) is 52.0 Å². The van der Waals surface area contributed by atoms with Gasteiger partial charge in [-0.25, -0.2) is 0 Å². The molecule has 0 saturated carbocycles. The highest BCUT2D eigenvalue weighted by Crippen LogP contribution is 2.11. The van der Waals surface area contributed by atoms with Crippen molar-refractivity contribution in [3.05, 3.63) is 42.2 Å². The summed E-state index contributed by atoms with van der Waals surface area (Å²) in [4.78, 5) is 1.64. The molecular weight excluding hydrogens is 240 g/mol. The van der Waals surface area contributed by atoms with Gasteiger partial charge in [0.2, 0.25) is 0 Å². The Morgan fingerprint density at radius 1 is 1.32 bits per heavy atom. The van der Waals surface area contributed by atoms with Crippen molar-refractivity contribution in [2.45, 2.75) is 19.4 Å². The minimum absolute atomic E-state index is 0.0732. The molecule has 1 atom stereocenters. The number of ether oxygens (including phenoxy) is 1. The van der Waals surface area contributed by atoms with Crippen molar-refractivity contribution in [2.24, 2.45) is 0 Å². The second kappa shape index (κ2) is 7.01. The van der Waals surface area contributed by atoms with E-state index in [-0.39, 0.29) is 6.04 Å². The first-order valence-corrected chi connectivity index (χ1v) is 6.57. The summed E-state index contributed by atoms with van der Waals surface area (Å²) in [6.07, 6.45) is 2.80. The molecule has 0 bridgehead atoms. The number of benzene rings is 1. The van der Waals surface area contributed by atoms with Gasteiger partial charge in [0.05, 0.1) is 24.5 Å².